The first-order valence-corrected chi connectivity index (χ1v) is 6.40. The van der Waals surface area contributed by atoms with Crippen LogP contribution >= 0.6 is 11.3 Å². The lowest BCUT2D eigenvalue weighted by atomic mass is 10.2. The van der Waals surface area contributed by atoms with E-state index in [9.17, 15) is 14.0 Å². The van der Waals surface area contributed by atoms with Crippen molar-refractivity contribution < 1.29 is 18.7 Å². The molecule has 0 saturated heterocycles. The van der Waals surface area contributed by atoms with Crippen LogP contribution in [0.2, 0.25) is 0 Å². The van der Waals surface area contributed by atoms with E-state index >= 15 is 0 Å². The molecule has 0 saturated carbocycles. The number of nitrogens with one attached hydrogen (secondary N) is 1. The molecule has 1 aromatic heterocycles. The number of rotatable bonds is 3. The molecule has 0 fully saturated rings. The van der Waals surface area contributed by atoms with Crippen molar-refractivity contribution in [2.75, 3.05) is 7.11 Å². The Kier molecular flexibility index (Phi) is 3.80. The monoisotopic (exact) mass is 281 g/mol. The van der Waals surface area contributed by atoms with Crippen LogP contribution in [0.4, 0.5) is 4.39 Å². The molecule has 1 N–H and O–H groups in total. The van der Waals surface area contributed by atoms with E-state index < -0.39 is 12.0 Å². The molecule has 0 radical (unpaired) electrons. The fraction of sp³-hybridized carbons (Fsp3) is 0.231. The van der Waals surface area contributed by atoms with Gasteiger partial charge in [0.15, 0.2) is 0 Å². The summed E-state index contributed by atoms with van der Waals surface area (Å²) in [4.78, 5) is 23.6. The fourth-order valence-corrected chi connectivity index (χ4v) is 2.58. The van der Waals surface area contributed by atoms with E-state index in [4.69, 9.17) is 0 Å². The molecule has 0 aliphatic carbocycles. The van der Waals surface area contributed by atoms with E-state index in [1.807, 2.05) is 0 Å². The average Bonchev–Trinajstić information content (AvgIpc) is 2.80. The number of thiophene rings is 1. The second kappa shape index (κ2) is 5.36. The van der Waals surface area contributed by atoms with Crippen LogP contribution in [0.3, 0.4) is 0 Å². The molecule has 0 aliphatic heterocycles. The van der Waals surface area contributed by atoms with Gasteiger partial charge in [-0.25, -0.2) is 9.18 Å². The quantitative estimate of drug-likeness (QED) is 0.878. The first-order valence-electron chi connectivity index (χ1n) is 5.59. The summed E-state index contributed by atoms with van der Waals surface area (Å²) in [5.74, 6) is -1.24. The molecule has 1 atom stereocenters. The summed E-state index contributed by atoms with van der Waals surface area (Å²) in [5.41, 5.74) is 0. The predicted molar refractivity (Wildman–Crippen MR) is 70.7 cm³/mol. The highest BCUT2D eigenvalue weighted by Crippen LogP contribution is 2.26. The Hall–Kier alpha value is -1.95. The maximum absolute atomic E-state index is 13.1. The maximum atomic E-state index is 13.1. The molecule has 0 spiro atoms. The number of hydrogen-bond donors (Lipinski definition) is 1. The number of methoxy groups -OCH3 is 1. The molecule has 19 heavy (non-hydrogen) atoms. The Labute approximate surface area is 113 Å². The third-order valence-electron chi connectivity index (χ3n) is 2.60. The topological polar surface area (TPSA) is 55.4 Å². The summed E-state index contributed by atoms with van der Waals surface area (Å²) < 4.78 is 18.4. The predicted octanol–water partition coefficient (Wildman–Crippen LogP) is 2.33. The van der Waals surface area contributed by atoms with Crippen molar-refractivity contribution in [2.45, 2.75) is 13.0 Å². The molecule has 2 aromatic rings. The van der Waals surface area contributed by atoms with Crippen LogP contribution in [0.15, 0.2) is 24.3 Å². The number of carbonyl (C=O) groups excluding carboxylic acids is 2. The molecule has 1 amide bonds. The summed E-state index contributed by atoms with van der Waals surface area (Å²) in [5, 5.41) is 3.19. The Balaban J connectivity index is 2.20. The highest BCUT2D eigenvalue weighted by molar-refractivity contribution is 7.20. The Morgan fingerprint density at radius 3 is 2.79 bits per heavy atom. The lowest BCUT2D eigenvalue weighted by Gasteiger charge is -2.10. The normalized spacial score (nSPS) is 12.2. The third kappa shape index (κ3) is 2.90. The SMILES string of the molecule is COC(=O)C(C)NC(=O)c1cc2cc(F)ccc2s1. The van der Waals surface area contributed by atoms with Gasteiger partial charge in [-0.3, -0.25) is 4.79 Å². The van der Waals surface area contributed by atoms with Gasteiger partial charge in [-0.2, -0.15) is 0 Å². The molecule has 6 heteroatoms. The van der Waals surface area contributed by atoms with E-state index in [0.717, 1.165) is 4.70 Å². The van der Waals surface area contributed by atoms with Gasteiger partial charge >= 0.3 is 5.97 Å². The van der Waals surface area contributed by atoms with Crippen LogP contribution in [0.5, 0.6) is 0 Å². The van der Waals surface area contributed by atoms with Crippen LogP contribution in [-0.2, 0) is 9.53 Å². The van der Waals surface area contributed by atoms with Gasteiger partial charge in [0, 0.05) is 4.70 Å². The first-order chi connectivity index (χ1) is 9.01. The van der Waals surface area contributed by atoms with Crippen molar-refractivity contribution in [3.8, 4) is 0 Å². The maximum Gasteiger partial charge on any atom is 0.328 e. The van der Waals surface area contributed by atoms with Crippen molar-refractivity contribution in [3.63, 3.8) is 0 Å². The van der Waals surface area contributed by atoms with Gasteiger partial charge in [-0.15, -0.1) is 11.3 Å². The number of fused-ring (bicyclic) bond motifs is 1. The number of ether oxygens (including phenoxy) is 1. The zero-order valence-corrected chi connectivity index (χ0v) is 11.2. The Bertz CT molecular complexity index is 638. The second-order valence-electron chi connectivity index (χ2n) is 4.01. The lowest BCUT2D eigenvalue weighted by molar-refractivity contribution is -0.142. The number of esters is 1. The van der Waals surface area contributed by atoms with Crippen molar-refractivity contribution in [1.82, 2.24) is 5.32 Å². The largest absolute Gasteiger partial charge is 0.467 e. The van der Waals surface area contributed by atoms with Gasteiger partial charge in [-0.1, -0.05) is 0 Å². The van der Waals surface area contributed by atoms with Crippen LogP contribution in [0, 0.1) is 5.82 Å². The minimum atomic E-state index is -0.723. The molecule has 1 heterocycles. The molecule has 0 aliphatic rings. The fourth-order valence-electron chi connectivity index (χ4n) is 1.63. The first kappa shape index (κ1) is 13.5. The minimum Gasteiger partial charge on any atom is -0.467 e. The van der Waals surface area contributed by atoms with E-state index in [1.165, 1.54) is 37.5 Å². The van der Waals surface area contributed by atoms with Crippen molar-refractivity contribution in [3.05, 3.63) is 35.0 Å². The number of amides is 1. The zero-order chi connectivity index (χ0) is 14.0. The molecule has 0 bridgehead atoms. The molecular weight excluding hydrogens is 269 g/mol. The summed E-state index contributed by atoms with van der Waals surface area (Å²) in [6.45, 7) is 1.54. The number of benzene rings is 1. The van der Waals surface area contributed by atoms with Gasteiger partial charge in [0.2, 0.25) is 0 Å². The van der Waals surface area contributed by atoms with Crippen LogP contribution in [-0.4, -0.2) is 25.0 Å². The van der Waals surface area contributed by atoms with Crippen LogP contribution in [0.1, 0.15) is 16.6 Å². The zero-order valence-electron chi connectivity index (χ0n) is 10.4. The van der Waals surface area contributed by atoms with Crippen LogP contribution in [0.25, 0.3) is 10.1 Å². The Morgan fingerprint density at radius 2 is 2.11 bits per heavy atom. The molecule has 4 nitrogen and oxygen atoms in total. The highest BCUT2D eigenvalue weighted by atomic mass is 32.1. The molecule has 2 rings (SSSR count). The van der Waals surface area contributed by atoms with Crippen molar-refractivity contribution in [2.24, 2.45) is 0 Å². The number of carbonyl (C=O) groups is 2. The van der Waals surface area contributed by atoms with Gasteiger partial charge in [-0.05, 0) is 36.6 Å². The van der Waals surface area contributed by atoms with Crippen molar-refractivity contribution >= 4 is 33.3 Å². The molecule has 100 valence electrons. The summed E-state index contributed by atoms with van der Waals surface area (Å²) in [6.07, 6.45) is 0. The molecule has 1 unspecified atom stereocenters. The van der Waals surface area contributed by atoms with Gasteiger partial charge in [0.05, 0.1) is 12.0 Å². The van der Waals surface area contributed by atoms with Crippen molar-refractivity contribution in [1.29, 1.82) is 0 Å². The second-order valence-corrected chi connectivity index (χ2v) is 5.09. The Morgan fingerprint density at radius 1 is 1.37 bits per heavy atom. The third-order valence-corrected chi connectivity index (χ3v) is 3.72. The van der Waals surface area contributed by atoms with E-state index in [0.29, 0.717) is 10.3 Å². The summed E-state index contributed by atoms with van der Waals surface area (Å²) in [6, 6.07) is 5.21. The van der Waals surface area contributed by atoms with Gasteiger partial charge < -0.3 is 10.1 Å². The highest BCUT2D eigenvalue weighted by Gasteiger charge is 2.18. The molecular formula is C13H12FNO3S. The standard InChI is InChI=1S/C13H12FNO3S/c1-7(13(17)18-2)15-12(16)11-6-8-5-9(14)3-4-10(8)19-11/h3-7H,1-2H3,(H,15,16). The average molecular weight is 281 g/mol. The van der Waals surface area contributed by atoms with E-state index in [-0.39, 0.29) is 11.7 Å². The summed E-state index contributed by atoms with van der Waals surface area (Å²) >= 11 is 1.24. The van der Waals surface area contributed by atoms with Crippen LogP contribution < -0.4 is 5.32 Å². The lowest BCUT2D eigenvalue weighted by Crippen LogP contribution is -2.38. The number of halogens is 1. The minimum absolute atomic E-state index is 0.347. The van der Waals surface area contributed by atoms with Gasteiger partial charge in [0.25, 0.3) is 5.91 Å². The van der Waals surface area contributed by atoms with Gasteiger partial charge in [0.1, 0.15) is 11.9 Å². The van der Waals surface area contributed by atoms with E-state index in [2.05, 4.69) is 10.1 Å². The molecule has 1 aromatic carbocycles. The van der Waals surface area contributed by atoms with E-state index in [1.54, 1.807) is 12.1 Å². The smallest absolute Gasteiger partial charge is 0.328 e. The summed E-state index contributed by atoms with van der Waals surface area (Å²) in [7, 11) is 1.26. The number of hydrogen-bond acceptors (Lipinski definition) is 4.